The third-order valence-corrected chi connectivity index (χ3v) is 5.17. The van der Waals surface area contributed by atoms with Gasteiger partial charge in [0.25, 0.3) is 5.91 Å². The Labute approximate surface area is 148 Å². The van der Waals surface area contributed by atoms with Crippen LogP contribution in [0.25, 0.3) is 0 Å². The van der Waals surface area contributed by atoms with Gasteiger partial charge in [-0.25, -0.2) is 0 Å². The zero-order chi connectivity index (χ0) is 16.9. The molecule has 2 aliphatic rings. The molecule has 2 aliphatic heterocycles. The van der Waals surface area contributed by atoms with Gasteiger partial charge < -0.3 is 19.7 Å². The van der Waals surface area contributed by atoms with Crippen LogP contribution in [0.4, 0.5) is 5.69 Å². The van der Waals surface area contributed by atoms with Crippen LogP contribution < -0.4 is 10.2 Å². The molecule has 1 N–H and O–H groups in total. The number of amides is 1. The van der Waals surface area contributed by atoms with Gasteiger partial charge in [-0.05, 0) is 43.9 Å². The third-order valence-electron chi connectivity index (χ3n) is 4.84. The zero-order valence-electron chi connectivity index (χ0n) is 14.1. The van der Waals surface area contributed by atoms with E-state index in [1.54, 1.807) is 7.11 Å². The van der Waals surface area contributed by atoms with Gasteiger partial charge in [-0.2, -0.15) is 0 Å². The number of hydrogen-bond acceptors (Lipinski definition) is 4. The maximum absolute atomic E-state index is 12.7. The van der Waals surface area contributed by atoms with Crippen LogP contribution in [0.15, 0.2) is 18.2 Å². The number of methoxy groups -OCH3 is 1. The highest BCUT2D eigenvalue weighted by atomic mass is 35.5. The normalized spacial score (nSPS) is 24.7. The van der Waals surface area contributed by atoms with E-state index in [1.165, 1.54) is 19.3 Å². The average molecular weight is 353 g/mol. The number of anilines is 1. The zero-order valence-corrected chi connectivity index (χ0v) is 14.8. The minimum absolute atomic E-state index is 0.0500. The molecule has 0 aromatic heterocycles. The molecule has 0 spiro atoms. The van der Waals surface area contributed by atoms with Gasteiger partial charge in [0.1, 0.15) is 6.10 Å². The first-order valence-electron chi connectivity index (χ1n) is 8.65. The van der Waals surface area contributed by atoms with E-state index < -0.39 is 0 Å². The SMILES string of the molecule is CO[C@@H]1COCC[C@H]1NC(=O)c1cc(N2CCCCC2)ccc1Cl. The fourth-order valence-corrected chi connectivity index (χ4v) is 3.59. The van der Waals surface area contributed by atoms with E-state index in [9.17, 15) is 4.79 Å². The molecule has 5 nitrogen and oxygen atoms in total. The molecule has 2 atom stereocenters. The number of carbonyl (C=O) groups excluding carboxylic acids is 1. The molecule has 6 heteroatoms. The van der Waals surface area contributed by atoms with Gasteiger partial charge in [0, 0.05) is 32.5 Å². The van der Waals surface area contributed by atoms with Gasteiger partial charge in [-0.15, -0.1) is 0 Å². The van der Waals surface area contributed by atoms with Crippen molar-refractivity contribution in [3.8, 4) is 0 Å². The second-order valence-electron chi connectivity index (χ2n) is 6.43. The van der Waals surface area contributed by atoms with Crippen LogP contribution in [-0.4, -0.2) is 51.5 Å². The van der Waals surface area contributed by atoms with Crippen molar-refractivity contribution in [3.05, 3.63) is 28.8 Å². The maximum atomic E-state index is 12.7. The van der Waals surface area contributed by atoms with E-state index >= 15 is 0 Å². The lowest BCUT2D eigenvalue weighted by Crippen LogP contribution is -2.49. The van der Waals surface area contributed by atoms with E-state index in [1.807, 2.05) is 18.2 Å². The highest BCUT2D eigenvalue weighted by molar-refractivity contribution is 6.34. The lowest BCUT2D eigenvalue weighted by molar-refractivity contribution is -0.0479. The van der Waals surface area contributed by atoms with E-state index in [0.717, 1.165) is 25.2 Å². The first kappa shape index (κ1) is 17.5. The Morgan fingerprint density at radius 2 is 2.12 bits per heavy atom. The quantitative estimate of drug-likeness (QED) is 0.905. The highest BCUT2D eigenvalue weighted by Gasteiger charge is 2.28. The van der Waals surface area contributed by atoms with Gasteiger partial charge >= 0.3 is 0 Å². The van der Waals surface area contributed by atoms with E-state index in [0.29, 0.717) is 23.8 Å². The molecule has 1 aromatic carbocycles. The summed E-state index contributed by atoms with van der Waals surface area (Å²) in [4.78, 5) is 15.0. The molecular formula is C18H25ClN2O3. The maximum Gasteiger partial charge on any atom is 0.253 e. The Balaban J connectivity index is 1.73. The number of ether oxygens (including phenoxy) is 2. The lowest BCUT2D eigenvalue weighted by Gasteiger charge is -2.31. The second-order valence-corrected chi connectivity index (χ2v) is 6.84. The van der Waals surface area contributed by atoms with Gasteiger partial charge in [0.05, 0.1) is 23.2 Å². The highest BCUT2D eigenvalue weighted by Crippen LogP contribution is 2.26. The van der Waals surface area contributed by atoms with Gasteiger partial charge in [0.15, 0.2) is 0 Å². The molecule has 1 aromatic rings. The Bertz CT molecular complexity index is 575. The van der Waals surface area contributed by atoms with E-state index in [-0.39, 0.29) is 18.1 Å². The monoisotopic (exact) mass is 352 g/mol. The molecule has 3 rings (SSSR count). The summed E-state index contributed by atoms with van der Waals surface area (Å²) < 4.78 is 10.8. The molecule has 2 saturated heterocycles. The van der Waals surface area contributed by atoms with Crippen molar-refractivity contribution < 1.29 is 14.3 Å². The van der Waals surface area contributed by atoms with Crippen molar-refractivity contribution in [1.29, 1.82) is 0 Å². The summed E-state index contributed by atoms with van der Waals surface area (Å²) in [5, 5.41) is 3.54. The number of nitrogens with zero attached hydrogens (tertiary/aromatic N) is 1. The molecule has 24 heavy (non-hydrogen) atoms. The first-order valence-corrected chi connectivity index (χ1v) is 9.02. The number of nitrogens with one attached hydrogen (secondary N) is 1. The molecular weight excluding hydrogens is 328 g/mol. The Hall–Kier alpha value is -1.30. The minimum atomic E-state index is -0.146. The van der Waals surface area contributed by atoms with Crippen molar-refractivity contribution in [2.24, 2.45) is 0 Å². The molecule has 2 heterocycles. The van der Waals surface area contributed by atoms with Crippen LogP contribution in [0.5, 0.6) is 0 Å². The third kappa shape index (κ3) is 4.02. The van der Waals surface area contributed by atoms with Crippen LogP contribution >= 0.6 is 11.6 Å². The molecule has 0 aliphatic carbocycles. The standard InChI is InChI=1S/C18H25ClN2O3/c1-23-17-12-24-10-7-16(17)20-18(22)14-11-13(5-6-15(14)19)21-8-3-2-4-9-21/h5-6,11,16-17H,2-4,7-10,12H2,1H3,(H,20,22)/t16-,17-/m1/s1. The van der Waals surface area contributed by atoms with E-state index in [4.69, 9.17) is 21.1 Å². The molecule has 1 amide bonds. The predicted octanol–water partition coefficient (Wildman–Crippen LogP) is 2.86. The molecule has 0 saturated carbocycles. The number of hydrogen-bond donors (Lipinski definition) is 1. The summed E-state index contributed by atoms with van der Waals surface area (Å²) in [7, 11) is 1.64. The molecule has 0 unspecified atom stereocenters. The van der Waals surface area contributed by atoms with Crippen LogP contribution in [0, 0.1) is 0 Å². The Morgan fingerprint density at radius 1 is 1.33 bits per heavy atom. The summed E-state index contributed by atoms with van der Waals surface area (Å²) in [5.74, 6) is -0.146. The fraction of sp³-hybridized carbons (Fsp3) is 0.611. The topological polar surface area (TPSA) is 50.8 Å². The van der Waals surface area contributed by atoms with Crippen molar-refractivity contribution in [2.75, 3.05) is 38.3 Å². The number of benzene rings is 1. The lowest BCUT2D eigenvalue weighted by atomic mass is 10.0. The van der Waals surface area contributed by atoms with Gasteiger partial charge in [-0.1, -0.05) is 11.6 Å². The van der Waals surface area contributed by atoms with Crippen molar-refractivity contribution >= 4 is 23.2 Å². The number of rotatable bonds is 4. The average Bonchev–Trinajstić information content (AvgIpc) is 2.63. The smallest absolute Gasteiger partial charge is 0.253 e. The first-order chi connectivity index (χ1) is 11.7. The van der Waals surface area contributed by atoms with Crippen LogP contribution in [0.3, 0.4) is 0 Å². The number of carbonyl (C=O) groups is 1. The van der Waals surface area contributed by atoms with Gasteiger partial charge in [0.2, 0.25) is 0 Å². The van der Waals surface area contributed by atoms with E-state index in [2.05, 4.69) is 10.2 Å². The summed E-state index contributed by atoms with van der Waals surface area (Å²) in [5.41, 5.74) is 1.60. The number of halogens is 1. The van der Waals surface area contributed by atoms with Crippen molar-refractivity contribution in [2.45, 2.75) is 37.8 Å². The van der Waals surface area contributed by atoms with Crippen LogP contribution in [-0.2, 0) is 9.47 Å². The Kier molecular flexibility index (Phi) is 5.98. The summed E-state index contributed by atoms with van der Waals surface area (Å²) in [6, 6.07) is 5.67. The van der Waals surface area contributed by atoms with Crippen molar-refractivity contribution in [1.82, 2.24) is 5.32 Å². The second kappa shape index (κ2) is 8.19. The number of piperidine rings is 1. The molecule has 132 valence electrons. The predicted molar refractivity (Wildman–Crippen MR) is 95.0 cm³/mol. The van der Waals surface area contributed by atoms with Gasteiger partial charge in [-0.3, -0.25) is 4.79 Å². The largest absolute Gasteiger partial charge is 0.379 e. The summed E-state index contributed by atoms with van der Waals surface area (Å²) in [6.07, 6.45) is 4.29. The Morgan fingerprint density at radius 3 is 2.88 bits per heavy atom. The van der Waals surface area contributed by atoms with Crippen LogP contribution in [0.2, 0.25) is 5.02 Å². The molecule has 2 fully saturated rings. The summed E-state index contributed by atoms with van der Waals surface area (Å²) in [6.45, 7) is 3.21. The summed E-state index contributed by atoms with van der Waals surface area (Å²) >= 11 is 6.28. The van der Waals surface area contributed by atoms with Crippen molar-refractivity contribution in [3.63, 3.8) is 0 Å². The molecule has 0 radical (unpaired) electrons. The fourth-order valence-electron chi connectivity index (χ4n) is 3.39. The van der Waals surface area contributed by atoms with Crippen LogP contribution in [0.1, 0.15) is 36.0 Å². The minimum Gasteiger partial charge on any atom is -0.379 e. The molecule has 0 bridgehead atoms.